The number of nitrogens with zero attached hydrogens (tertiary/aromatic N) is 1. The first kappa shape index (κ1) is 22.8. The molecule has 3 heterocycles. The number of aromatic nitrogens is 1. The van der Waals surface area contributed by atoms with Crippen molar-refractivity contribution in [1.29, 1.82) is 0 Å². The van der Waals surface area contributed by atoms with Crippen LogP contribution >= 0.6 is 0 Å². The summed E-state index contributed by atoms with van der Waals surface area (Å²) in [4.78, 5) is 31.7. The lowest BCUT2D eigenvalue weighted by Gasteiger charge is -2.36. The van der Waals surface area contributed by atoms with Gasteiger partial charge in [-0.2, -0.15) is 0 Å². The summed E-state index contributed by atoms with van der Waals surface area (Å²) in [7, 11) is 0. The van der Waals surface area contributed by atoms with Gasteiger partial charge in [-0.15, -0.1) is 0 Å². The van der Waals surface area contributed by atoms with Crippen molar-refractivity contribution < 1.29 is 14.0 Å². The van der Waals surface area contributed by atoms with E-state index in [0.717, 1.165) is 34.8 Å². The highest BCUT2D eigenvalue weighted by Crippen LogP contribution is 2.45. The van der Waals surface area contributed by atoms with Gasteiger partial charge in [0.1, 0.15) is 11.6 Å². The topological polar surface area (TPSA) is 84.2 Å². The van der Waals surface area contributed by atoms with Crippen LogP contribution in [0.2, 0.25) is 0 Å². The Kier molecular flexibility index (Phi) is 6.12. The highest BCUT2D eigenvalue weighted by atomic mass is 16.3. The maximum atomic E-state index is 13.6. The normalized spacial score (nSPS) is 19.9. The Labute approximate surface area is 205 Å². The number of nitrogens with one attached hydrogen (secondary N) is 2. The van der Waals surface area contributed by atoms with Gasteiger partial charge >= 0.3 is 0 Å². The molecule has 1 aliphatic carbocycles. The molecule has 1 aliphatic heterocycles. The van der Waals surface area contributed by atoms with Crippen molar-refractivity contribution in [2.45, 2.75) is 51.9 Å². The molecule has 2 unspecified atom stereocenters. The molecule has 1 aromatic carbocycles. The summed E-state index contributed by atoms with van der Waals surface area (Å²) in [5.74, 6) is 0.606. The first-order valence-electron chi connectivity index (χ1n) is 12.1. The summed E-state index contributed by atoms with van der Waals surface area (Å²) >= 11 is 0. The first-order valence-corrected chi connectivity index (χ1v) is 12.1. The smallest absolute Gasteiger partial charge is 0.255 e. The van der Waals surface area contributed by atoms with Crippen molar-refractivity contribution in [3.8, 4) is 0 Å². The lowest BCUT2D eigenvalue weighted by molar-refractivity contribution is -0.116. The van der Waals surface area contributed by atoms with E-state index in [9.17, 15) is 9.59 Å². The molecule has 0 spiro atoms. The molecular formula is C29H29N3O3. The third-order valence-corrected chi connectivity index (χ3v) is 6.87. The molecule has 0 bridgehead atoms. The SMILES string of the molecule is CCc1ccc(C2C(C(=O)Nc3cccc(C)n3)=C(C)NC3=C2C(=O)CC(c2ccco2)C3)cc1. The Balaban J connectivity index is 1.56. The number of hydrogen-bond donors (Lipinski definition) is 2. The average Bonchev–Trinajstić information content (AvgIpc) is 3.38. The molecule has 0 fully saturated rings. The summed E-state index contributed by atoms with van der Waals surface area (Å²) in [5.41, 5.74) is 5.79. The molecule has 178 valence electrons. The van der Waals surface area contributed by atoms with E-state index in [0.29, 0.717) is 29.8 Å². The molecule has 5 rings (SSSR count). The number of anilines is 1. The maximum absolute atomic E-state index is 13.6. The molecular weight excluding hydrogens is 438 g/mol. The molecule has 1 amide bonds. The Bertz CT molecular complexity index is 1330. The number of furan rings is 1. The minimum absolute atomic E-state index is 0.0217. The standard InChI is InChI=1S/C29H29N3O3/c1-4-19-10-12-20(13-11-19)27-26(29(34)32-25-9-5-7-17(2)30-25)18(3)31-22-15-21(16-23(33)28(22)27)24-8-6-14-35-24/h5-14,21,27,31H,4,15-16H2,1-3H3,(H,30,32,34). The van der Waals surface area contributed by atoms with E-state index in [1.165, 1.54) is 5.56 Å². The molecule has 6 nitrogen and oxygen atoms in total. The minimum atomic E-state index is -0.452. The number of dihydropyridines is 1. The van der Waals surface area contributed by atoms with Gasteiger partial charge in [0, 0.05) is 46.5 Å². The van der Waals surface area contributed by atoms with E-state index in [1.807, 2.05) is 50.2 Å². The molecule has 3 aromatic rings. The number of allylic oxidation sites excluding steroid dienone is 3. The fourth-order valence-electron chi connectivity index (χ4n) is 5.14. The monoisotopic (exact) mass is 467 g/mol. The largest absolute Gasteiger partial charge is 0.469 e. The highest BCUT2D eigenvalue weighted by molar-refractivity contribution is 6.09. The molecule has 2 atom stereocenters. The number of ketones is 1. The second kappa shape index (κ2) is 9.37. The van der Waals surface area contributed by atoms with Gasteiger partial charge < -0.3 is 15.1 Å². The van der Waals surface area contributed by atoms with Gasteiger partial charge in [-0.3, -0.25) is 9.59 Å². The molecule has 0 saturated carbocycles. The van der Waals surface area contributed by atoms with Crippen LogP contribution < -0.4 is 10.6 Å². The van der Waals surface area contributed by atoms with Crippen molar-refractivity contribution in [3.63, 3.8) is 0 Å². The van der Waals surface area contributed by atoms with Crippen LogP contribution in [0.3, 0.4) is 0 Å². The molecule has 6 heteroatoms. The molecule has 35 heavy (non-hydrogen) atoms. The second-order valence-corrected chi connectivity index (χ2v) is 9.25. The molecule has 2 aliphatic rings. The summed E-state index contributed by atoms with van der Waals surface area (Å²) in [5, 5.41) is 6.36. The summed E-state index contributed by atoms with van der Waals surface area (Å²) in [6.07, 6.45) is 3.57. The maximum Gasteiger partial charge on any atom is 0.255 e. The van der Waals surface area contributed by atoms with Gasteiger partial charge in [0.15, 0.2) is 5.78 Å². The van der Waals surface area contributed by atoms with Crippen LogP contribution in [0.25, 0.3) is 0 Å². The molecule has 2 aromatic heterocycles. The van der Waals surface area contributed by atoms with E-state index < -0.39 is 5.92 Å². The van der Waals surface area contributed by atoms with Crippen molar-refractivity contribution in [1.82, 2.24) is 10.3 Å². The van der Waals surface area contributed by atoms with Crippen LogP contribution in [-0.4, -0.2) is 16.7 Å². The molecule has 2 N–H and O–H groups in total. The number of pyridine rings is 1. The molecule has 0 radical (unpaired) electrons. The van der Waals surface area contributed by atoms with Gasteiger partial charge in [-0.25, -0.2) is 4.98 Å². The van der Waals surface area contributed by atoms with E-state index in [2.05, 4.69) is 34.7 Å². The van der Waals surface area contributed by atoms with Gasteiger partial charge in [0.2, 0.25) is 0 Å². The number of benzene rings is 1. The second-order valence-electron chi connectivity index (χ2n) is 9.25. The summed E-state index contributed by atoms with van der Waals surface area (Å²) < 4.78 is 5.61. The van der Waals surface area contributed by atoms with Crippen LogP contribution in [0, 0.1) is 6.92 Å². The zero-order valence-corrected chi connectivity index (χ0v) is 20.2. The first-order chi connectivity index (χ1) is 16.9. The number of carbonyl (C=O) groups excluding carboxylic acids is 2. The number of aryl methyl sites for hydroxylation is 2. The van der Waals surface area contributed by atoms with Crippen molar-refractivity contribution in [3.05, 3.63) is 106 Å². The predicted molar refractivity (Wildman–Crippen MR) is 135 cm³/mol. The quantitative estimate of drug-likeness (QED) is 0.514. The van der Waals surface area contributed by atoms with Crippen LogP contribution in [-0.2, 0) is 16.0 Å². The Morgan fingerprint density at radius 2 is 1.89 bits per heavy atom. The van der Waals surface area contributed by atoms with Crippen molar-refractivity contribution in [2.24, 2.45) is 0 Å². The third kappa shape index (κ3) is 4.44. The number of Topliss-reactive ketones (excluding diaryl/α,β-unsaturated/α-hetero) is 1. The summed E-state index contributed by atoms with van der Waals surface area (Å²) in [6, 6.07) is 17.5. The fourth-order valence-corrected chi connectivity index (χ4v) is 5.14. The van der Waals surface area contributed by atoms with Crippen LogP contribution in [0.15, 0.2) is 87.8 Å². The minimum Gasteiger partial charge on any atom is -0.469 e. The lowest BCUT2D eigenvalue weighted by Crippen LogP contribution is -2.37. The number of amides is 1. The van der Waals surface area contributed by atoms with Crippen LogP contribution in [0.5, 0.6) is 0 Å². The van der Waals surface area contributed by atoms with Gasteiger partial charge in [0.05, 0.1) is 6.26 Å². The highest BCUT2D eigenvalue weighted by Gasteiger charge is 2.41. The average molecular weight is 468 g/mol. The zero-order valence-electron chi connectivity index (χ0n) is 20.2. The Morgan fingerprint density at radius 1 is 1.09 bits per heavy atom. The van der Waals surface area contributed by atoms with Gasteiger partial charge in [-0.05, 0) is 62.1 Å². The summed E-state index contributed by atoms with van der Waals surface area (Å²) in [6.45, 7) is 5.89. The van der Waals surface area contributed by atoms with Crippen LogP contribution in [0.4, 0.5) is 5.82 Å². The fraction of sp³-hybridized carbons (Fsp3) is 0.276. The van der Waals surface area contributed by atoms with Gasteiger partial charge in [0.25, 0.3) is 5.91 Å². The zero-order chi connectivity index (χ0) is 24.5. The van der Waals surface area contributed by atoms with Gasteiger partial charge in [-0.1, -0.05) is 37.3 Å². The van der Waals surface area contributed by atoms with E-state index in [1.54, 1.807) is 12.3 Å². The van der Waals surface area contributed by atoms with E-state index in [4.69, 9.17) is 4.42 Å². The lowest BCUT2D eigenvalue weighted by atomic mass is 9.72. The van der Waals surface area contributed by atoms with E-state index in [-0.39, 0.29) is 17.6 Å². The van der Waals surface area contributed by atoms with Crippen LogP contribution in [0.1, 0.15) is 61.1 Å². The molecule has 0 saturated heterocycles. The predicted octanol–water partition coefficient (Wildman–Crippen LogP) is 5.55. The van der Waals surface area contributed by atoms with E-state index >= 15 is 0 Å². The Hall–Kier alpha value is -3.93. The van der Waals surface area contributed by atoms with Crippen molar-refractivity contribution >= 4 is 17.5 Å². The number of hydrogen-bond acceptors (Lipinski definition) is 5. The number of carbonyl (C=O) groups is 2. The third-order valence-electron chi connectivity index (χ3n) is 6.87. The van der Waals surface area contributed by atoms with Crippen molar-refractivity contribution in [2.75, 3.05) is 5.32 Å². The Morgan fingerprint density at radius 3 is 2.57 bits per heavy atom. The number of rotatable bonds is 5.